The summed E-state index contributed by atoms with van der Waals surface area (Å²) in [5, 5.41) is 6.39. The summed E-state index contributed by atoms with van der Waals surface area (Å²) in [5.41, 5.74) is 1.31. The smallest absolute Gasteiger partial charge is 0.339 e. The van der Waals surface area contributed by atoms with Crippen LogP contribution < -0.4 is 10.6 Å². The first-order valence-electron chi connectivity index (χ1n) is 6.67. The highest BCUT2D eigenvalue weighted by Gasteiger charge is 2.12. The predicted octanol–water partition coefficient (Wildman–Crippen LogP) is 3.75. The first-order chi connectivity index (χ1) is 11.0. The van der Waals surface area contributed by atoms with E-state index in [0.29, 0.717) is 16.4 Å². The summed E-state index contributed by atoms with van der Waals surface area (Å²) in [6.07, 6.45) is 0. The van der Waals surface area contributed by atoms with Crippen LogP contribution in [0.3, 0.4) is 0 Å². The normalized spacial score (nSPS) is 10.0. The van der Waals surface area contributed by atoms with Crippen molar-refractivity contribution in [1.82, 2.24) is 5.32 Å². The number of methoxy groups -OCH3 is 1. The SMILES string of the molecule is COC(=O)c1cc(NC(=S)NCc2ccccc2F)ccc1Cl. The van der Waals surface area contributed by atoms with Gasteiger partial charge >= 0.3 is 5.97 Å². The molecule has 120 valence electrons. The summed E-state index contributed by atoms with van der Waals surface area (Å²) >= 11 is 11.1. The highest BCUT2D eigenvalue weighted by molar-refractivity contribution is 7.80. The molecule has 2 rings (SSSR count). The van der Waals surface area contributed by atoms with Gasteiger partial charge in [0.2, 0.25) is 0 Å². The number of carbonyl (C=O) groups excluding carboxylic acids is 1. The number of hydrogen-bond donors (Lipinski definition) is 2. The van der Waals surface area contributed by atoms with Gasteiger partial charge in [0.05, 0.1) is 17.7 Å². The molecule has 0 spiro atoms. The molecule has 2 aromatic rings. The molecule has 0 bridgehead atoms. The van der Waals surface area contributed by atoms with Crippen LogP contribution in [-0.4, -0.2) is 18.2 Å². The van der Waals surface area contributed by atoms with Crippen molar-refractivity contribution in [3.8, 4) is 0 Å². The first kappa shape index (κ1) is 17.2. The van der Waals surface area contributed by atoms with Gasteiger partial charge in [-0.15, -0.1) is 0 Å². The molecule has 0 aromatic heterocycles. The van der Waals surface area contributed by atoms with Gasteiger partial charge in [0.1, 0.15) is 5.82 Å². The standard InChI is InChI=1S/C16H14ClFN2O2S/c1-22-15(21)12-8-11(6-7-13(12)17)20-16(23)19-9-10-4-2-3-5-14(10)18/h2-8H,9H2,1H3,(H2,19,20,23). The fraction of sp³-hybridized carbons (Fsp3) is 0.125. The van der Waals surface area contributed by atoms with Crippen molar-refractivity contribution >= 4 is 40.6 Å². The summed E-state index contributed by atoms with van der Waals surface area (Å²) in [7, 11) is 1.28. The van der Waals surface area contributed by atoms with Crippen LogP contribution in [0.5, 0.6) is 0 Å². The Bertz CT molecular complexity index is 740. The predicted molar refractivity (Wildman–Crippen MR) is 92.3 cm³/mol. The van der Waals surface area contributed by atoms with Crippen molar-refractivity contribution in [3.05, 3.63) is 64.4 Å². The lowest BCUT2D eigenvalue weighted by molar-refractivity contribution is 0.0601. The van der Waals surface area contributed by atoms with Crippen LogP contribution in [0.2, 0.25) is 5.02 Å². The van der Waals surface area contributed by atoms with Crippen LogP contribution in [0, 0.1) is 5.82 Å². The second-order valence-electron chi connectivity index (χ2n) is 4.59. The monoisotopic (exact) mass is 352 g/mol. The quantitative estimate of drug-likeness (QED) is 0.648. The zero-order chi connectivity index (χ0) is 16.8. The minimum Gasteiger partial charge on any atom is -0.465 e. The molecule has 0 saturated heterocycles. The van der Waals surface area contributed by atoms with Gasteiger partial charge in [-0.1, -0.05) is 29.8 Å². The number of nitrogens with one attached hydrogen (secondary N) is 2. The number of anilines is 1. The molecule has 0 aliphatic rings. The Balaban J connectivity index is 2.00. The molecule has 2 N–H and O–H groups in total. The van der Waals surface area contributed by atoms with Gasteiger partial charge in [0.25, 0.3) is 0 Å². The third-order valence-electron chi connectivity index (χ3n) is 3.03. The van der Waals surface area contributed by atoms with E-state index in [-0.39, 0.29) is 22.9 Å². The maximum atomic E-state index is 13.5. The van der Waals surface area contributed by atoms with Crippen molar-refractivity contribution < 1.29 is 13.9 Å². The molecule has 0 fully saturated rings. The maximum absolute atomic E-state index is 13.5. The molecule has 23 heavy (non-hydrogen) atoms. The molecule has 0 saturated carbocycles. The van der Waals surface area contributed by atoms with E-state index in [0.717, 1.165) is 0 Å². The molecular formula is C16H14ClFN2O2S. The summed E-state index contributed by atoms with van der Waals surface area (Å²) in [6.45, 7) is 0.246. The number of esters is 1. The van der Waals surface area contributed by atoms with Crippen LogP contribution in [0.1, 0.15) is 15.9 Å². The van der Waals surface area contributed by atoms with E-state index in [1.807, 2.05) is 0 Å². The largest absolute Gasteiger partial charge is 0.465 e. The zero-order valence-corrected chi connectivity index (χ0v) is 13.8. The fourth-order valence-electron chi connectivity index (χ4n) is 1.86. The summed E-state index contributed by atoms with van der Waals surface area (Å²) in [6, 6.07) is 11.2. The highest BCUT2D eigenvalue weighted by atomic mass is 35.5. The summed E-state index contributed by atoms with van der Waals surface area (Å²) < 4.78 is 18.2. The minimum atomic E-state index is -0.538. The Hall–Kier alpha value is -2.18. The van der Waals surface area contributed by atoms with Crippen molar-refractivity contribution in [3.63, 3.8) is 0 Å². The van der Waals surface area contributed by atoms with Crippen LogP contribution in [0.4, 0.5) is 10.1 Å². The molecule has 0 heterocycles. The number of hydrogen-bond acceptors (Lipinski definition) is 3. The van der Waals surface area contributed by atoms with Crippen molar-refractivity contribution in [1.29, 1.82) is 0 Å². The van der Waals surface area contributed by atoms with Crippen molar-refractivity contribution in [2.75, 3.05) is 12.4 Å². The lowest BCUT2D eigenvalue weighted by Crippen LogP contribution is -2.28. The number of benzene rings is 2. The molecular weight excluding hydrogens is 339 g/mol. The minimum absolute atomic E-state index is 0.232. The van der Waals surface area contributed by atoms with Gasteiger partial charge < -0.3 is 15.4 Å². The second kappa shape index (κ2) is 7.89. The summed E-state index contributed by atoms with van der Waals surface area (Å²) in [5.74, 6) is -0.842. The summed E-state index contributed by atoms with van der Waals surface area (Å²) in [4.78, 5) is 11.6. The Labute approximate surface area is 143 Å². The van der Waals surface area contributed by atoms with E-state index in [4.69, 9.17) is 23.8 Å². The molecule has 0 amide bonds. The average molecular weight is 353 g/mol. The van der Waals surface area contributed by atoms with Gasteiger partial charge in [-0.05, 0) is 36.5 Å². The van der Waals surface area contributed by atoms with E-state index in [9.17, 15) is 9.18 Å². The lowest BCUT2D eigenvalue weighted by Gasteiger charge is -2.12. The Morgan fingerprint density at radius 2 is 2.04 bits per heavy atom. The molecule has 0 atom stereocenters. The van der Waals surface area contributed by atoms with E-state index in [1.54, 1.807) is 30.3 Å². The van der Waals surface area contributed by atoms with Crippen molar-refractivity contribution in [2.24, 2.45) is 0 Å². The molecule has 0 radical (unpaired) electrons. The molecule has 0 aliphatic carbocycles. The third kappa shape index (κ3) is 4.64. The van der Waals surface area contributed by atoms with E-state index in [1.165, 1.54) is 19.2 Å². The first-order valence-corrected chi connectivity index (χ1v) is 7.46. The molecule has 2 aromatic carbocycles. The van der Waals surface area contributed by atoms with Gasteiger partial charge in [0, 0.05) is 17.8 Å². The van der Waals surface area contributed by atoms with Crippen LogP contribution in [0.15, 0.2) is 42.5 Å². The Morgan fingerprint density at radius 1 is 1.30 bits per heavy atom. The molecule has 0 aliphatic heterocycles. The average Bonchev–Trinajstić information content (AvgIpc) is 2.55. The van der Waals surface area contributed by atoms with Gasteiger partial charge in [-0.25, -0.2) is 9.18 Å². The van der Waals surface area contributed by atoms with Gasteiger partial charge in [0.15, 0.2) is 5.11 Å². The number of halogens is 2. The Kier molecular flexibility index (Phi) is 5.90. The number of rotatable bonds is 4. The van der Waals surface area contributed by atoms with E-state index >= 15 is 0 Å². The molecule has 7 heteroatoms. The van der Waals surface area contributed by atoms with Gasteiger partial charge in [-0.2, -0.15) is 0 Å². The molecule has 0 unspecified atom stereocenters. The maximum Gasteiger partial charge on any atom is 0.339 e. The fourth-order valence-corrected chi connectivity index (χ4v) is 2.25. The highest BCUT2D eigenvalue weighted by Crippen LogP contribution is 2.21. The molecule has 4 nitrogen and oxygen atoms in total. The van der Waals surface area contributed by atoms with Crippen molar-refractivity contribution in [2.45, 2.75) is 6.54 Å². The van der Waals surface area contributed by atoms with Crippen LogP contribution in [0.25, 0.3) is 0 Å². The van der Waals surface area contributed by atoms with E-state index < -0.39 is 5.97 Å². The third-order valence-corrected chi connectivity index (χ3v) is 3.60. The zero-order valence-electron chi connectivity index (χ0n) is 12.2. The van der Waals surface area contributed by atoms with Crippen LogP contribution in [-0.2, 0) is 11.3 Å². The van der Waals surface area contributed by atoms with E-state index in [2.05, 4.69) is 15.4 Å². The topological polar surface area (TPSA) is 50.4 Å². The Morgan fingerprint density at radius 3 is 2.74 bits per heavy atom. The number of thiocarbonyl (C=S) groups is 1. The van der Waals surface area contributed by atoms with Gasteiger partial charge in [-0.3, -0.25) is 0 Å². The van der Waals surface area contributed by atoms with Crippen LogP contribution >= 0.6 is 23.8 Å². The number of carbonyl (C=O) groups is 1. The lowest BCUT2D eigenvalue weighted by atomic mass is 10.2. The second-order valence-corrected chi connectivity index (χ2v) is 5.40. The number of ether oxygens (including phenoxy) is 1.